The maximum Gasteiger partial charge on any atom is 0.205 e. The third-order valence-corrected chi connectivity index (χ3v) is 6.08. The number of carbonyl (C=O) groups excluding carboxylic acids is 1. The lowest BCUT2D eigenvalue weighted by molar-refractivity contribution is 0.104. The Kier molecular flexibility index (Phi) is 3.15. The Labute approximate surface area is 149 Å². The molecule has 0 aliphatic heterocycles. The number of thiophene rings is 1. The molecule has 1 aliphatic rings. The van der Waals surface area contributed by atoms with Crippen molar-refractivity contribution in [2.75, 3.05) is 5.73 Å². The van der Waals surface area contributed by atoms with Crippen molar-refractivity contribution < 1.29 is 4.79 Å². The second kappa shape index (κ2) is 5.39. The van der Waals surface area contributed by atoms with E-state index in [2.05, 4.69) is 6.07 Å². The molecule has 2 aromatic heterocycles. The number of nitrogens with zero attached hydrogens (tertiary/aromatic N) is 1. The molecule has 0 saturated carbocycles. The van der Waals surface area contributed by atoms with Crippen molar-refractivity contribution in [3.05, 3.63) is 70.2 Å². The van der Waals surface area contributed by atoms with Crippen LogP contribution in [0.15, 0.2) is 48.5 Å². The summed E-state index contributed by atoms with van der Waals surface area (Å²) in [6.45, 7) is 0. The van der Waals surface area contributed by atoms with Gasteiger partial charge in [0.05, 0.1) is 5.69 Å². The van der Waals surface area contributed by atoms with Gasteiger partial charge in [-0.05, 0) is 47.7 Å². The van der Waals surface area contributed by atoms with Gasteiger partial charge in [0.15, 0.2) is 0 Å². The summed E-state index contributed by atoms with van der Waals surface area (Å²) < 4.78 is 0. The van der Waals surface area contributed by atoms with Crippen LogP contribution in [0.2, 0.25) is 0 Å². The molecule has 0 bridgehead atoms. The van der Waals surface area contributed by atoms with E-state index < -0.39 is 0 Å². The fourth-order valence-corrected chi connectivity index (χ4v) is 4.69. The SMILES string of the molecule is Nc1c(C(=O)c2ccc3ccccc3c2)sc2nc3c(cc12)CCC3. The summed E-state index contributed by atoms with van der Waals surface area (Å²) in [7, 11) is 0. The maximum atomic E-state index is 13.0. The maximum absolute atomic E-state index is 13.0. The van der Waals surface area contributed by atoms with Crippen LogP contribution >= 0.6 is 11.3 Å². The van der Waals surface area contributed by atoms with E-state index in [1.165, 1.54) is 22.6 Å². The predicted molar refractivity (Wildman–Crippen MR) is 103 cm³/mol. The lowest BCUT2D eigenvalue weighted by atomic mass is 10.0. The van der Waals surface area contributed by atoms with Crippen LogP contribution in [0.5, 0.6) is 0 Å². The van der Waals surface area contributed by atoms with Crippen LogP contribution in [0.1, 0.15) is 32.9 Å². The minimum atomic E-state index is -0.0218. The quantitative estimate of drug-likeness (QED) is 0.534. The first-order valence-electron chi connectivity index (χ1n) is 8.45. The fourth-order valence-electron chi connectivity index (χ4n) is 3.63. The van der Waals surface area contributed by atoms with E-state index in [4.69, 9.17) is 10.7 Å². The average Bonchev–Trinajstić information content (AvgIpc) is 3.23. The fraction of sp³-hybridized carbons (Fsp3) is 0.143. The molecule has 4 aromatic rings. The molecule has 0 radical (unpaired) electrons. The smallest absolute Gasteiger partial charge is 0.205 e. The third kappa shape index (κ3) is 2.25. The van der Waals surface area contributed by atoms with E-state index in [1.807, 2.05) is 42.5 Å². The lowest BCUT2D eigenvalue weighted by Gasteiger charge is -2.03. The Balaban J connectivity index is 1.64. The van der Waals surface area contributed by atoms with Crippen molar-refractivity contribution in [3.8, 4) is 0 Å². The number of benzene rings is 2. The zero-order valence-electron chi connectivity index (χ0n) is 13.6. The Hall–Kier alpha value is -2.72. The first-order valence-corrected chi connectivity index (χ1v) is 9.26. The largest absolute Gasteiger partial charge is 0.397 e. The van der Waals surface area contributed by atoms with E-state index in [9.17, 15) is 4.79 Å². The van der Waals surface area contributed by atoms with Gasteiger partial charge in [-0.1, -0.05) is 36.4 Å². The van der Waals surface area contributed by atoms with Gasteiger partial charge in [-0.15, -0.1) is 11.3 Å². The zero-order chi connectivity index (χ0) is 17.0. The number of pyridine rings is 1. The molecule has 2 aromatic carbocycles. The molecule has 0 atom stereocenters. The number of fused-ring (bicyclic) bond motifs is 3. The summed E-state index contributed by atoms with van der Waals surface area (Å²) in [5.74, 6) is -0.0218. The standard InChI is InChI=1S/C21H16N2OS/c22-18-16-11-14-6-3-7-17(14)23-21(16)25-20(18)19(24)15-9-8-12-4-1-2-5-13(12)10-15/h1-2,4-5,8-11H,3,6-7,22H2. The number of hydrogen-bond acceptors (Lipinski definition) is 4. The van der Waals surface area contributed by atoms with Gasteiger partial charge in [-0.3, -0.25) is 4.79 Å². The molecule has 3 nitrogen and oxygen atoms in total. The molecule has 1 aliphatic carbocycles. The normalized spacial score (nSPS) is 13.4. The zero-order valence-corrected chi connectivity index (χ0v) is 14.4. The first kappa shape index (κ1) is 14.6. The first-order chi connectivity index (χ1) is 12.2. The molecule has 0 fully saturated rings. The summed E-state index contributed by atoms with van der Waals surface area (Å²) in [5.41, 5.74) is 10.0. The van der Waals surface area contributed by atoms with Gasteiger partial charge < -0.3 is 5.73 Å². The van der Waals surface area contributed by atoms with E-state index in [0.717, 1.165) is 40.3 Å². The lowest BCUT2D eigenvalue weighted by Crippen LogP contribution is -2.02. The molecular formula is C21H16N2OS. The van der Waals surface area contributed by atoms with Crippen molar-refractivity contribution in [1.29, 1.82) is 0 Å². The minimum absolute atomic E-state index is 0.0218. The van der Waals surface area contributed by atoms with Crippen molar-refractivity contribution in [3.63, 3.8) is 0 Å². The summed E-state index contributed by atoms with van der Waals surface area (Å²) in [6.07, 6.45) is 3.24. The summed E-state index contributed by atoms with van der Waals surface area (Å²) in [6, 6.07) is 16.0. The second-order valence-electron chi connectivity index (χ2n) is 6.54. The Bertz CT molecular complexity index is 1160. The number of rotatable bonds is 2. The van der Waals surface area contributed by atoms with Gasteiger partial charge in [0, 0.05) is 16.6 Å². The highest BCUT2D eigenvalue weighted by atomic mass is 32.1. The Morgan fingerprint density at radius 2 is 1.88 bits per heavy atom. The van der Waals surface area contributed by atoms with E-state index in [1.54, 1.807) is 0 Å². The van der Waals surface area contributed by atoms with Gasteiger partial charge >= 0.3 is 0 Å². The molecular weight excluding hydrogens is 328 g/mol. The van der Waals surface area contributed by atoms with Gasteiger partial charge in [-0.25, -0.2) is 4.98 Å². The van der Waals surface area contributed by atoms with Crippen LogP contribution in [0.3, 0.4) is 0 Å². The monoisotopic (exact) mass is 344 g/mol. The summed E-state index contributed by atoms with van der Waals surface area (Å²) in [5, 5.41) is 3.11. The number of aromatic nitrogens is 1. The van der Waals surface area contributed by atoms with Crippen LogP contribution in [0, 0.1) is 0 Å². The number of carbonyl (C=O) groups is 1. The number of nitrogen functional groups attached to an aromatic ring is 1. The molecule has 25 heavy (non-hydrogen) atoms. The molecule has 0 unspecified atom stereocenters. The van der Waals surface area contributed by atoms with Crippen LogP contribution in [0.25, 0.3) is 21.0 Å². The molecule has 2 heterocycles. The second-order valence-corrected chi connectivity index (χ2v) is 7.54. The Morgan fingerprint density at radius 3 is 2.76 bits per heavy atom. The number of ketones is 1. The number of nitrogens with two attached hydrogens (primary N) is 1. The molecule has 2 N–H and O–H groups in total. The molecule has 0 amide bonds. The van der Waals surface area contributed by atoms with Gasteiger partial charge in [0.2, 0.25) is 5.78 Å². The number of anilines is 1. The molecule has 122 valence electrons. The topological polar surface area (TPSA) is 56.0 Å². The van der Waals surface area contributed by atoms with E-state index in [0.29, 0.717) is 16.1 Å². The van der Waals surface area contributed by atoms with Crippen LogP contribution in [-0.2, 0) is 12.8 Å². The van der Waals surface area contributed by atoms with Crippen LogP contribution in [0.4, 0.5) is 5.69 Å². The molecule has 4 heteroatoms. The average molecular weight is 344 g/mol. The highest BCUT2D eigenvalue weighted by Crippen LogP contribution is 2.37. The summed E-state index contributed by atoms with van der Waals surface area (Å²) >= 11 is 1.41. The number of aryl methyl sites for hydroxylation is 2. The van der Waals surface area contributed by atoms with Crippen molar-refractivity contribution in [2.24, 2.45) is 0 Å². The van der Waals surface area contributed by atoms with Crippen molar-refractivity contribution in [1.82, 2.24) is 4.98 Å². The minimum Gasteiger partial charge on any atom is -0.397 e. The molecule has 0 spiro atoms. The van der Waals surface area contributed by atoms with Gasteiger partial charge in [0.1, 0.15) is 9.71 Å². The highest BCUT2D eigenvalue weighted by Gasteiger charge is 2.22. The van der Waals surface area contributed by atoms with E-state index >= 15 is 0 Å². The molecule has 5 rings (SSSR count). The van der Waals surface area contributed by atoms with Crippen LogP contribution in [-0.4, -0.2) is 10.8 Å². The van der Waals surface area contributed by atoms with Gasteiger partial charge in [-0.2, -0.15) is 0 Å². The number of hydrogen-bond donors (Lipinski definition) is 1. The van der Waals surface area contributed by atoms with Gasteiger partial charge in [0.25, 0.3) is 0 Å². The predicted octanol–water partition coefficient (Wildman–Crippen LogP) is 4.75. The van der Waals surface area contributed by atoms with Crippen molar-refractivity contribution in [2.45, 2.75) is 19.3 Å². The third-order valence-electron chi connectivity index (χ3n) is 4.97. The highest BCUT2D eigenvalue weighted by molar-refractivity contribution is 7.21. The van der Waals surface area contributed by atoms with Crippen molar-refractivity contribution >= 4 is 43.8 Å². The summed E-state index contributed by atoms with van der Waals surface area (Å²) in [4.78, 5) is 19.3. The van der Waals surface area contributed by atoms with E-state index in [-0.39, 0.29) is 5.78 Å². The van der Waals surface area contributed by atoms with Crippen LogP contribution < -0.4 is 5.73 Å². The Morgan fingerprint density at radius 1 is 1.04 bits per heavy atom. The molecule has 0 saturated heterocycles.